The number of nitrogens with zero attached hydrogens (tertiary/aromatic N) is 1. The van der Waals surface area contributed by atoms with Crippen molar-refractivity contribution in [3.05, 3.63) is 28.3 Å². The van der Waals surface area contributed by atoms with Crippen LogP contribution in [0.15, 0.2) is 12.1 Å². The molecule has 0 atom stereocenters. The second-order valence-corrected chi connectivity index (χ2v) is 6.12. The molecule has 1 aromatic carbocycles. The maximum atomic E-state index is 6.20. The molecule has 0 bridgehead atoms. The molecule has 0 aliphatic carbocycles. The van der Waals surface area contributed by atoms with Gasteiger partial charge < -0.3 is 10.5 Å². The number of halogens is 1. The van der Waals surface area contributed by atoms with Gasteiger partial charge in [0, 0.05) is 35.6 Å². The highest BCUT2D eigenvalue weighted by Gasteiger charge is 2.26. The maximum absolute atomic E-state index is 6.20. The van der Waals surface area contributed by atoms with Crippen molar-refractivity contribution in [2.45, 2.75) is 39.3 Å². The van der Waals surface area contributed by atoms with Crippen LogP contribution in [0.1, 0.15) is 31.9 Å². The summed E-state index contributed by atoms with van der Waals surface area (Å²) in [6.07, 6.45) is 0.954. The van der Waals surface area contributed by atoms with Gasteiger partial charge >= 0.3 is 0 Å². The Hall–Kier alpha value is -0.770. The fourth-order valence-corrected chi connectivity index (χ4v) is 2.82. The fraction of sp³-hybridized carbons (Fsp3) is 0.600. The van der Waals surface area contributed by atoms with Gasteiger partial charge in [0.1, 0.15) is 5.75 Å². The van der Waals surface area contributed by atoms with E-state index < -0.39 is 0 Å². The molecule has 106 valence electrons. The summed E-state index contributed by atoms with van der Waals surface area (Å²) in [6, 6.07) is 4.03. The molecule has 0 fully saturated rings. The third-order valence-electron chi connectivity index (χ3n) is 3.92. The average molecular weight is 283 g/mol. The third-order valence-corrected chi connectivity index (χ3v) is 4.14. The van der Waals surface area contributed by atoms with Gasteiger partial charge in [-0.15, -0.1) is 0 Å². The molecular formula is C15H23ClN2O. The predicted molar refractivity (Wildman–Crippen MR) is 79.9 cm³/mol. The Morgan fingerprint density at radius 1 is 1.42 bits per heavy atom. The molecular weight excluding hydrogens is 260 g/mol. The number of likely N-dealkylation sites (N-methyl/N-ethyl adjacent to an activating group) is 1. The SMILES string of the molecule is CCN(Cc1cc(Cl)cc2c1OCC2)C(C)(C)CN. The number of ether oxygens (including phenoxy) is 1. The lowest BCUT2D eigenvalue weighted by Gasteiger charge is -2.37. The largest absolute Gasteiger partial charge is 0.493 e. The number of rotatable bonds is 5. The first-order valence-electron chi connectivity index (χ1n) is 6.87. The van der Waals surface area contributed by atoms with Crippen molar-refractivity contribution in [1.82, 2.24) is 4.90 Å². The summed E-state index contributed by atoms with van der Waals surface area (Å²) in [5.41, 5.74) is 8.25. The molecule has 0 spiro atoms. The summed E-state index contributed by atoms with van der Waals surface area (Å²) in [4.78, 5) is 2.36. The fourth-order valence-electron chi connectivity index (χ4n) is 2.55. The summed E-state index contributed by atoms with van der Waals surface area (Å²) in [7, 11) is 0. The van der Waals surface area contributed by atoms with Gasteiger partial charge in [0.15, 0.2) is 0 Å². The maximum Gasteiger partial charge on any atom is 0.127 e. The topological polar surface area (TPSA) is 38.5 Å². The third kappa shape index (κ3) is 3.04. The smallest absolute Gasteiger partial charge is 0.127 e. The van der Waals surface area contributed by atoms with Crippen LogP contribution < -0.4 is 10.5 Å². The van der Waals surface area contributed by atoms with Gasteiger partial charge in [0.25, 0.3) is 0 Å². The molecule has 0 unspecified atom stereocenters. The number of nitrogens with two attached hydrogens (primary N) is 1. The van der Waals surface area contributed by atoms with Crippen LogP contribution in [0.2, 0.25) is 5.02 Å². The number of hydrogen-bond donors (Lipinski definition) is 1. The number of hydrogen-bond acceptors (Lipinski definition) is 3. The zero-order valence-electron chi connectivity index (χ0n) is 12.0. The second-order valence-electron chi connectivity index (χ2n) is 5.68. The van der Waals surface area contributed by atoms with Crippen molar-refractivity contribution in [1.29, 1.82) is 0 Å². The Kier molecular flexibility index (Phi) is 4.39. The molecule has 3 nitrogen and oxygen atoms in total. The highest BCUT2D eigenvalue weighted by atomic mass is 35.5. The molecule has 1 aromatic rings. The lowest BCUT2D eigenvalue weighted by atomic mass is 10.0. The average Bonchev–Trinajstić information content (AvgIpc) is 2.83. The Morgan fingerprint density at radius 2 is 2.16 bits per heavy atom. The normalized spacial score (nSPS) is 14.6. The molecule has 2 N–H and O–H groups in total. The lowest BCUT2D eigenvalue weighted by Crippen LogP contribution is -2.48. The minimum absolute atomic E-state index is 0.0252. The van der Waals surface area contributed by atoms with E-state index in [1.165, 1.54) is 11.1 Å². The number of fused-ring (bicyclic) bond motifs is 1. The van der Waals surface area contributed by atoms with E-state index in [0.717, 1.165) is 36.9 Å². The van der Waals surface area contributed by atoms with Crippen LogP contribution >= 0.6 is 11.6 Å². The Morgan fingerprint density at radius 3 is 2.79 bits per heavy atom. The minimum Gasteiger partial charge on any atom is -0.493 e. The van der Waals surface area contributed by atoms with Crippen LogP contribution in [0.5, 0.6) is 5.75 Å². The second kappa shape index (κ2) is 5.70. The standard InChI is InChI=1S/C15H23ClN2O/c1-4-18(15(2,3)10-17)9-12-8-13(16)7-11-5-6-19-14(11)12/h7-8H,4-6,9-10,17H2,1-3H3. The highest BCUT2D eigenvalue weighted by Crippen LogP contribution is 2.34. The van der Waals surface area contributed by atoms with Crippen LogP contribution in [0.25, 0.3) is 0 Å². The molecule has 1 aliphatic rings. The molecule has 19 heavy (non-hydrogen) atoms. The van der Waals surface area contributed by atoms with E-state index in [0.29, 0.717) is 6.54 Å². The van der Waals surface area contributed by atoms with Gasteiger partial charge in [-0.05, 0) is 38.1 Å². The molecule has 1 aliphatic heterocycles. The number of benzene rings is 1. The van der Waals surface area contributed by atoms with Crippen LogP contribution in [-0.4, -0.2) is 30.1 Å². The summed E-state index contributed by atoms with van der Waals surface area (Å²) in [5.74, 6) is 1.02. The summed E-state index contributed by atoms with van der Waals surface area (Å²) >= 11 is 6.20. The van der Waals surface area contributed by atoms with Gasteiger partial charge in [0.2, 0.25) is 0 Å². The Labute approximate surface area is 120 Å². The first kappa shape index (κ1) is 14.6. The van der Waals surface area contributed by atoms with Gasteiger partial charge in [-0.2, -0.15) is 0 Å². The van der Waals surface area contributed by atoms with Crippen molar-refractivity contribution in [2.24, 2.45) is 5.73 Å². The van der Waals surface area contributed by atoms with E-state index in [9.17, 15) is 0 Å². The van der Waals surface area contributed by atoms with Crippen LogP contribution in [0.4, 0.5) is 0 Å². The molecule has 4 heteroatoms. The van der Waals surface area contributed by atoms with E-state index in [1.54, 1.807) is 0 Å². The molecule has 0 radical (unpaired) electrons. The van der Waals surface area contributed by atoms with Gasteiger partial charge in [-0.3, -0.25) is 4.90 Å². The molecule has 0 aromatic heterocycles. The molecule has 0 amide bonds. The van der Waals surface area contributed by atoms with E-state index >= 15 is 0 Å². The van der Waals surface area contributed by atoms with Crippen molar-refractivity contribution in [2.75, 3.05) is 19.7 Å². The van der Waals surface area contributed by atoms with Gasteiger partial charge in [0.05, 0.1) is 6.61 Å². The lowest BCUT2D eigenvalue weighted by molar-refractivity contribution is 0.124. The van der Waals surface area contributed by atoms with Crippen molar-refractivity contribution >= 4 is 11.6 Å². The van der Waals surface area contributed by atoms with Crippen molar-refractivity contribution in [3.63, 3.8) is 0 Å². The van der Waals surface area contributed by atoms with Crippen molar-refractivity contribution < 1.29 is 4.74 Å². The summed E-state index contributed by atoms with van der Waals surface area (Å²) < 4.78 is 5.76. The van der Waals surface area contributed by atoms with Crippen molar-refractivity contribution in [3.8, 4) is 5.75 Å². The monoisotopic (exact) mass is 282 g/mol. The minimum atomic E-state index is -0.0252. The highest BCUT2D eigenvalue weighted by molar-refractivity contribution is 6.30. The van der Waals surface area contributed by atoms with Gasteiger partial charge in [-0.1, -0.05) is 18.5 Å². The molecule has 0 saturated carbocycles. The van der Waals surface area contributed by atoms with Crippen LogP contribution in [-0.2, 0) is 13.0 Å². The van der Waals surface area contributed by atoms with Crippen LogP contribution in [0, 0.1) is 0 Å². The Bertz CT molecular complexity index is 460. The van der Waals surface area contributed by atoms with E-state index in [4.69, 9.17) is 22.1 Å². The van der Waals surface area contributed by atoms with Crippen LogP contribution in [0.3, 0.4) is 0 Å². The molecule has 1 heterocycles. The predicted octanol–water partition coefficient (Wildman–Crippen LogP) is 2.83. The first-order valence-corrected chi connectivity index (χ1v) is 7.25. The summed E-state index contributed by atoms with van der Waals surface area (Å²) in [6.45, 7) is 9.65. The molecule has 0 saturated heterocycles. The molecule has 2 rings (SSSR count). The summed E-state index contributed by atoms with van der Waals surface area (Å²) in [5, 5.41) is 0.792. The van der Waals surface area contributed by atoms with E-state index in [-0.39, 0.29) is 5.54 Å². The van der Waals surface area contributed by atoms with Gasteiger partial charge in [-0.25, -0.2) is 0 Å². The Balaban J connectivity index is 2.28. The van der Waals surface area contributed by atoms with E-state index in [1.807, 2.05) is 12.1 Å². The zero-order valence-corrected chi connectivity index (χ0v) is 12.8. The zero-order chi connectivity index (χ0) is 14.0. The first-order chi connectivity index (χ1) is 8.97. The quantitative estimate of drug-likeness (QED) is 0.902. The van der Waals surface area contributed by atoms with E-state index in [2.05, 4.69) is 25.7 Å².